The van der Waals surface area contributed by atoms with E-state index in [-0.39, 0.29) is 32.6 Å². The monoisotopic (exact) mass is 766 g/mol. The molecule has 0 aromatic heterocycles. The Morgan fingerprint density at radius 2 is 1.04 bits per heavy atom. The summed E-state index contributed by atoms with van der Waals surface area (Å²) in [5.74, 6) is -0.868. The first-order valence-corrected chi connectivity index (χ1v) is 22.3. The minimum atomic E-state index is -4.38. The standard InChI is InChI=1S/C43H76NO8P/c1-3-5-7-9-11-13-15-17-18-19-20-21-22-24-25-27-29-31-33-35-42(45)49-39-41(40-51-53(47,48)50-38-37-44)52-43(46)36-34-32-30-28-26-23-16-14-12-10-8-6-4-2/h5,7,11,13,17-18,20-21,24-25,41H,3-4,6,8-10,12,14-16,19,22-23,26-40,44H2,1-2H3,(H,47,48)/b7-5-,13-11-,18-17-,21-20-,25-24-/t41-/m1/s1. The van der Waals surface area contributed by atoms with Crippen molar-refractivity contribution in [1.82, 2.24) is 0 Å². The molecule has 2 atom stereocenters. The van der Waals surface area contributed by atoms with Crippen LogP contribution in [0.1, 0.15) is 168 Å². The van der Waals surface area contributed by atoms with Crippen molar-refractivity contribution in [2.75, 3.05) is 26.4 Å². The molecule has 0 rings (SSSR count). The van der Waals surface area contributed by atoms with Gasteiger partial charge in [-0.3, -0.25) is 18.6 Å². The molecule has 306 valence electrons. The molecule has 0 spiro atoms. The van der Waals surface area contributed by atoms with Crippen LogP contribution < -0.4 is 5.73 Å². The van der Waals surface area contributed by atoms with Crippen LogP contribution in [0.2, 0.25) is 0 Å². The largest absolute Gasteiger partial charge is 0.472 e. The maximum Gasteiger partial charge on any atom is 0.472 e. The van der Waals surface area contributed by atoms with Gasteiger partial charge in [0, 0.05) is 19.4 Å². The first-order chi connectivity index (χ1) is 25.8. The number of hydrogen-bond donors (Lipinski definition) is 2. The van der Waals surface area contributed by atoms with Crippen LogP contribution in [0.25, 0.3) is 0 Å². The topological polar surface area (TPSA) is 134 Å². The molecule has 53 heavy (non-hydrogen) atoms. The first kappa shape index (κ1) is 50.7. The smallest absolute Gasteiger partial charge is 0.462 e. The lowest BCUT2D eigenvalue weighted by molar-refractivity contribution is -0.161. The van der Waals surface area contributed by atoms with E-state index in [4.69, 9.17) is 24.3 Å². The summed E-state index contributed by atoms with van der Waals surface area (Å²) in [6, 6.07) is 0. The summed E-state index contributed by atoms with van der Waals surface area (Å²) in [7, 11) is -4.38. The summed E-state index contributed by atoms with van der Waals surface area (Å²) in [5, 5.41) is 0. The molecule has 0 radical (unpaired) electrons. The van der Waals surface area contributed by atoms with Gasteiger partial charge in [0.25, 0.3) is 0 Å². The minimum Gasteiger partial charge on any atom is -0.462 e. The predicted molar refractivity (Wildman–Crippen MR) is 219 cm³/mol. The fourth-order valence-corrected chi connectivity index (χ4v) is 6.13. The number of phosphoric ester groups is 1. The summed E-state index contributed by atoms with van der Waals surface area (Å²) in [6.07, 6.45) is 45.3. The highest BCUT2D eigenvalue weighted by Gasteiger charge is 2.25. The highest BCUT2D eigenvalue weighted by atomic mass is 31.2. The van der Waals surface area contributed by atoms with Crippen molar-refractivity contribution in [2.45, 2.75) is 174 Å². The molecule has 0 amide bonds. The Kier molecular flexibility index (Phi) is 37.7. The third-order valence-electron chi connectivity index (χ3n) is 8.42. The van der Waals surface area contributed by atoms with E-state index in [0.29, 0.717) is 12.8 Å². The molecule has 0 fully saturated rings. The van der Waals surface area contributed by atoms with Crippen LogP contribution >= 0.6 is 7.82 Å². The molecule has 1 unspecified atom stereocenters. The van der Waals surface area contributed by atoms with Crippen molar-refractivity contribution in [3.63, 3.8) is 0 Å². The van der Waals surface area contributed by atoms with Gasteiger partial charge in [0.15, 0.2) is 6.10 Å². The van der Waals surface area contributed by atoms with Gasteiger partial charge in [-0.15, -0.1) is 0 Å². The van der Waals surface area contributed by atoms with Gasteiger partial charge in [0.05, 0.1) is 13.2 Å². The molecule has 10 heteroatoms. The molecule has 3 N–H and O–H groups in total. The van der Waals surface area contributed by atoms with Gasteiger partial charge in [-0.1, -0.05) is 158 Å². The molecule has 0 heterocycles. The highest BCUT2D eigenvalue weighted by molar-refractivity contribution is 7.47. The summed E-state index contributed by atoms with van der Waals surface area (Å²) in [5.41, 5.74) is 5.34. The molecule has 0 aliphatic carbocycles. The van der Waals surface area contributed by atoms with Crippen molar-refractivity contribution in [3.05, 3.63) is 60.8 Å². The quantitative estimate of drug-likeness (QED) is 0.0272. The Morgan fingerprint density at radius 3 is 1.55 bits per heavy atom. The maximum atomic E-state index is 12.5. The lowest BCUT2D eigenvalue weighted by Gasteiger charge is -2.19. The minimum absolute atomic E-state index is 0.0470. The average molecular weight is 766 g/mol. The van der Waals surface area contributed by atoms with Crippen molar-refractivity contribution in [3.8, 4) is 0 Å². The van der Waals surface area contributed by atoms with Crippen LogP contribution in [-0.2, 0) is 32.7 Å². The number of carbonyl (C=O) groups is 2. The van der Waals surface area contributed by atoms with Gasteiger partial charge in [-0.25, -0.2) is 4.57 Å². The van der Waals surface area contributed by atoms with Crippen molar-refractivity contribution >= 4 is 19.8 Å². The van der Waals surface area contributed by atoms with E-state index < -0.39 is 32.5 Å². The number of phosphoric acid groups is 1. The number of ether oxygens (including phenoxy) is 2. The number of allylic oxidation sites excluding steroid dienone is 10. The lowest BCUT2D eigenvalue weighted by Crippen LogP contribution is -2.29. The van der Waals surface area contributed by atoms with E-state index in [2.05, 4.69) is 74.6 Å². The zero-order valence-corrected chi connectivity index (χ0v) is 34.4. The Bertz CT molecular complexity index is 1050. The molecule has 0 aromatic carbocycles. The van der Waals surface area contributed by atoms with Crippen molar-refractivity contribution in [2.24, 2.45) is 5.73 Å². The van der Waals surface area contributed by atoms with Gasteiger partial charge in [0.1, 0.15) is 6.61 Å². The summed E-state index contributed by atoms with van der Waals surface area (Å²) < 4.78 is 32.7. The second-order valence-corrected chi connectivity index (χ2v) is 14.9. The second kappa shape index (κ2) is 39.4. The van der Waals surface area contributed by atoms with Crippen LogP contribution in [0, 0.1) is 0 Å². The number of unbranched alkanes of at least 4 members (excludes halogenated alkanes) is 15. The van der Waals surface area contributed by atoms with Gasteiger partial charge in [0.2, 0.25) is 0 Å². The number of hydrogen-bond acceptors (Lipinski definition) is 8. The van der Waals surface area contributed by atoms with Crippen molar-refractivity contribution < 1.29 is 37.6 Å². The Morgan fingerprint density at radius 1 is 0.585 bits per heavy atom. The summed E-state index contributed by atoms with van der Waals surface area (Å²) in [6.45, 7) is 3.57. The molecule has 9 nitrogen and oxygen atoms in total. The molecule has 0 bridgehead atoms. The Labute approximate surface area is 323 Å². The second-order valence-electron chi connectivity index (χ2n) is 13.5. The first-order valence-electron chi connectivity index (χ1n) is 20.8. The van der Waals surface area contributed by atoms with Crippen LogP contribution in [0.3, 0.4) is 0 Å². The zero-order chi connectivity index (χ0) is 38.9. The van der Waals surface area contributed by atoms with Gasteiger partial charge in [-0.05, 0) is 57.8 Å². The molecule has 0 aliphatic heterocycles. The van der Waals surface area contributed by atoms with E-state index in [0.717, 1.165) is 70.6 Å². The van der Waals surface area contributed by atoms with Crippen LogP contribution in [0.4, 0.5) is 0 Å². The van der Waals surface area contributed by atoms with Gasteiger partial charge in [-0.2, -0.15) is 0 Å². The Hall–Kier alpha value is -2.29. The molecule has 0 saturated carbocycles. The lowest BCUT2D eigenvalue weighted by atomic mass is 10.0. The van der Waals surface area contributed by atoms with E-state index >= 15 is 0 Å². The fourth-order valence-electron chi connectivity index (χ4n) is 5.37. The Balaban J connectivity index is 4.24. The third-order valence-corrected chi connectivity index (χ3v) is 9.40. The predicted octanol–water partition coefficient (Wildman–Crippen LogP) is 11.7. The fraction of sp³-hybridized carbons (Fsp3) is 0.721. The van der Waals surface area contributed by atoms with Gasteiger partial charge >= 0.3 is 19.8 Å². The number of esters is 2. The normalized spacial score (nSPS) is 14.0. The molecule has 0 aliphatic rings. The van der Waals surface area contributed by atoms with Crippen LogP contribution in [-0.4, -0.2) is 49.3 Å². The maximum absolute atomic E-state index is 12.5. The van der Waals surface area contributed by atoms with E-state index in [1.165, 1.54) is 57.8 Å². The summed E-state index contributed by atoms with van der Waals surface area (Å²) in [4.78, 5) is 34.8. The number of rotatable bonds is 38. The van der Waals surface area contributed by atoms with E-state index in [1.807, 2.05) is 0 Å². The van der Waals surface area contributed by atoms with E-state index in [1.54, 1.807) is 0 Å². The molecule has 0 saturated heterocycles. The van der Waals surface area contributed by atoms with Crippen molar-refractivity contribution in [1.29, 1.82) is 0 Å². The highest BCUT2D eigenvalue weighted by Crippen LogP contribution is 2.43. The van der Waals surface area contributed by atoms with Gasteiger partial charge < -0.3 is 20.1 Å². The average Bonchev–Trinajstić information content (AvgIpc) is 3.14. The summed E-state index contributed by atoms with van der Waals surface area (Å²) >= 11 is 0. The molecular formula is C43H76NO8P. The van der Waals surface area contributed by atoms with E-state index in [9.17, 15) is 19.0 Å². The third kappa shape index (κ3) is 39.2. The zero-order valence-electron chi connectivity index (χ0n) is 33.5. The molecular weight excluding hydrogens is 689 g/mol. The molecule has 0 aromatic rings. The van der Waals surface area contributed by atoms with Crippen LogP contribution in [0.15, 0.2) is 60.8 Å². The van der Waals surface area contributed by atoms with Crippen LogP contribution in [0.5, 0.6) is 0 Å². The number of nitrogens with two attached hydrogens (primary N) is 1. The number of carbonyl (C=O) groups excluding carboxylic acids is 2. The SMILES string of the molecule is CC/C=C\C/C=C\C/C=C\C/C=C\C/C=C\CCCCCC(=O)OC[C@H](COP(=O)(O)OCCN)OC(=O)CCCCCCCCCCCCCCC.